The Morgan fingerprint density at radius 3 is 2.82 bits per heavy atom. The van der Waals surface area contributed by atoms with Gasteiger partial charge in [-0.05, 0) is 36.5 Å². The van der Waals surface area contributed by atoms with Gasteiger partial charge < -0.3 is 10.6 Å². The predicted octanol–water partition coefficient (Wildman–Crippen LogP) is 1.96. The molecule has 2 amide bonds. The maximum atomic E-state index is 13.6. The minimum atomic E-state index is -0.362. The van der Waals surface area contributed by atoms with Gasteiger partial charge in [-0.15, -0.1) is 0 Å². The van der Waals surface area contributed by atoms with Crippen LogP contribution in [0.4, 0.5) is 4.39 Å². The van der Waals surface area contributed by atoms with E-state index >= 15 is 0 Å². The van der Waals surface area contributed by atoms with Crippen LogP contribution < -0.4 is 10.6 Å². The fourth-order valence-electron chi connectivity index (χ4n) is 2.85. The van der Waals surface area contributed by atoms with Crippen LogP contribution in [0.15, 0.2) is 36.9 Å². The van der Waals surface area contributed by atoms with Gasteiger partial charge in [0, 0.05) is 12.6 Å². The van der Waals surface area contributed by atoms with Crippen molar-refractivity contribution in [1.29, 1.82) is 0 Å². The third kappa shape index (κ3) is 4.41. The Kier molecular flexibility index (Phi) is 5.69. The van der Waals surface area contributed by atoms with E-state index < -0.39 is 0 Å². The molecule has 2 atom stereocenters. The first-order chi connectivity index (χ1) is 10.6. The van der Waals surface area contributed by atoms with Crippen LogP contribution >= 0.6 is 0 Å². The van der Waals surface area contributed by atoms with Gasteiger partial charge >= 0.3 is 0 Å². The molecule has 0 spiro atoms. The number of carbonyl (C=O) groups excluding carboxylic acids is 2. The Morgan fingerprint density at radius 1 is 1.32 bits per heavy atom. The second kappa shape index (κ2) is 7.73. The van der Waals surface area contributed by atoms with Crippen LogP contribution in [0.2, 0.25) is 0 Å². The van der Waals surface area contributed by atoms with Crippen molar-refractivity contribution in [2.45, 2.75) is 31.7 Å². The highest BCUT2D eigenvalue weighted by Gasteiger charge is 2.28. The molecule has 1 aliphatic rings. The molecule has 0 saturated heterocycles. The molecular weight excluding hydrogens is 283 g/mol. The van der Waals surface area contributed by atoms with Crippen LogP contribution in [0, 0.1) is 11.7 Å². The van der Waals surface area contributed by atoms with E-state index in [-0.39, 0.29) is 36.0 Å². The normalized spacial score (nSPS) is 20.4. The van der Waals surface area contributed by atoms with E-state index in [0.717, 1.165) is 19.3 Å². The number of rotatable bonds is 6. The largest absolute Gasteiger partial charge is 0.353 e. The molecule has 2 rings (SSSR count). The van der Waals surface area contributed by atoms with Gasteiger partial charge in [0.25, 0.3) is 0 Å². The summed E-state index contributed by atoms with van der Waals surface area (Å²) in [4.78, 5) is 23.3. The summed E-state index contributed by atoms with van der Waals surface area (Å²) in [5, 5.41) is 5.73. The number of halogens is 1. The highest BCUT2D eigenvalue weighted by molar-refractivity contribution is 5.86. The summed E-state index contributed by atoms with van der Waals surface area (Å²) >= 11 is 0. The molecule has 0 aromatic heterocycles. The molecule has 1 aliphatic carbocycles. The third-order valence-electron chi connectivity index (χ3n) is 4.04. The second-order valence-electron chi connectivity index (χ2n) is 5.58. The lowest BCUT2D eigenvalue weighted by Gasteiger charge is -2.21. The summed E-state index contributed by atoms with van der Waals surface area (Å²) < 4.78 is 13.6. The zero-order valence-corrected chi connectivity index (χ0v) is 12.5. The average Bonchev–Trinajstić information content (AvgIpc) is 2.94. The quantitative estimate of drug-likeness (QED) is 0.789. The Bertz CT molecular complexity index is 559. The van der Waals surface area contributed by atoms with Crippen molar-refractivity contribution >= 4 is 11.8 Å². The fraction of sp³-hybridized carbons (Fsp3) is 0.412. The molecule has 1 fully saturated rings. The Labute approximate surface area is 129 Å². The molecule has 2 unspecified atom stereocenters. The molecule has 4 nitrogen and oxygen atoms in total. The summed E-state index contributed by atoms with van der Waals surface area (Å²) in [6.45, 7) is 3.93. The SMILES string of the molecule is C=CC(=O)NCC1CCCC1NC(=O)Cc1ccccc1F. The van der Waals surface area contributed by atoms with Crippen LogP contribution in [0.3, 0.4) is 0 Å². The van der Waals surface area contributed by atoms with Gasteiger partial charge in [0.1, 0.15) is 5.82 Å². The van der Waals surface area contributed by atoms with E-state index in [1.54, 1.807) is 18.2 Å². The summed E-state index contributed by atoms with van der Waals surface area (Å²) in [5.41, 5.74) is 0.398. The fourth-order valence-corrected chi connectivity index (χ4v) is 2.85. The second-order valence-corrected chi connectivity index (χ2v) is 5.58. The molecule has 1 saturated carbocycles. The lowest BCUT2D eigenvalue weighted by atomic mass is 10.0. The molecule has 0 bridgehead atoms. The van der Waals surface area contributed by atoms with E-state index in [2.05, 4.69) is 17.2 Å². The van der Waals surface area contributed by atoms with Crippen molar-refractivity contribution in [2.75, 3.05) is 6.54 Å². The molecule has 118 valence electrons. The van der Waals surface area contributed by atoms with Gasteiger partial charge in [-0.1, -0.05) is 31.2 Å². The van der Waals surface area contributed by atoms with Crippen LogP contribution in [0.5, 0.6) is 0 Å². The minimum Gasteiger partial charge on any atom is -0.353 e. The maximum absolute atomic E-state index is 13.6. The Hall–Kier alpha value is -2.17. The first-order valence-electron chi connectivity index (χ1n) is 7.53. The van der Waals surface area contributed by atoms with Gasteiger partial charge in [0.05, 0.1) is 6.42 Å². The Morgan fingerprint density at radius 2 is 2.09 bits per heavy atom. The molecule has 0 heterocycles. The number of hydrogen-bond donors (Lipinski definition) is 2. The smallest absolute Gasteiger partial charge is 0.243 e. The molecule has 0 radical (unpaired) electrons. The lowest BCUT2D eigenvalue weighted by molar-refractivity contribution is -0.121. The van der Waals surface area contributed by atoms with Gasteiger partial charge in [-0.25, -0.2) is 4.39 Å². The molecule has 22 heavy (non-hydrogen) atoms. The summed E-state index contributed by atoms with van der Waals surface area (Å²) in [6.07, 6.45) is 4.13. The molecule has 1 aromatic rings. The van der Waals surface area contributed by atoms with Gasteiger partial charge in [-0.2, -0.15) is 0 Å². The summed E-state index contributed by atoms with van der Waals surface area (Å²) in [5.74, 6) is -0.535. The van der Waals surface area contributed by atoms with E-state index in [9.17, 15) is 14.0 Å². The first kappa shape index (κ1) is 16.2. The summed E-state index contributed by atoms with van der Waals surface area (Å²) in [6, 6.07) is 6.32. The van der Waals surface area contributed by atoms with E-state index in [1.807, 2.05) is 0 Å². The number of hydrogen-bond acceptors (Lipinski definition) is 2. The molecule has 0 aliphatic heterocycles. The van der Waals surface area contributed by atoms with Crippen molar-refractivity contribution in [3.05, 3.63) is 48.3 Å². The van der Waals surface area contributed by atoms with Crippen molar-refractivity contribution < 1.29 is 14.0 Å². The van der Waals surface area contributed by atoms with E-state index in [0.29, 0.717) is 12.1 Å². The molecular formula is C17H21FN2O2. The Balaban J connectivity index is 1.86. The van der Waals surface area contributed by atoms with Crippen LogP contribution in [-0.2, 0) is 16.0 Å². The first-order valence-corrected chi connectivity index (χ1v) is 7.53. The zero-order valence-electron chi connectivity index (χ0n) is 12.5. The van der Waals surface area contributed by atoms with E-state index in [4.69, 9.17) is 0 Å². The highest BCUT2D eigenvalue weighted by atomic mass is 19.1. The van der Waals surface area contributed by atoms with Crippen molar-refractivity contribution in [3.63, 3.8) is 0 Å². The topological polar surface area (TPSA) is 58.2 Å². The van der Waals surface area contributed by atoms with Crippen molar-refractivity contribution in [3.8, 4) is 0 Å². The standard InChI is InChI=1S/C17H21FN2O2/c1-2-16(21)19-11-13-7-5-9-15(13)20-17(22)10-12-6-3-4-8-14(12)18/h2-4,6,8,13,15H,1,5,7,9-11H2,(H,19,21)(H,20,22). The van der Waals surface area contributed by atoms with Gasteiger partial charge in [0.15, 0.2) is 0 Å². The van der Waals surface area contributed by atoms with Crippen molar-refractivity contribution in [2.24, 2.45) is 5.92 Å². The third-order valence-corrected chi connectivity index (χ3v) is 4.04. The number of benzene rings is 1. The minimum absolute atomic E-state index is 0.0318. The van der Waals surface area contributed by atoms with Crippen molar-refractivity contribution in [1.82, 2.24) is 10.6 Å². The average molecular weight is 304 g/mol. The highest BCUT2D eigenvalue weighted by Crippen LogP contribution is 2.25. The number of amides is 2. The predicted molar refractivity (Wildman–Crippen MR) is 82.6 cm³/mol. The number of nitrogens with one attached hydrogen (secondary N) is 2. The zero-order chi connectivity index (χ0) is 15.9. The van der Waals surface area contributed by atoms with Crippen LogP contribution in [0.25, 0.3) is 0 Å². The molecule has 1 aromatic carbocycles. The monoisotopic (exact) mass is 304 g/mol. The molecule has 5 heteroatoms. The molecule has 2 N–H and O–H groups in total. The summed E-state index contributed by atoms with van der Waals surface area (Å²) in [7, 11) is 0. The van der Waals surface area contributed by atoms with Gasteiger partial charge in [0.2, 0.25) is 11.8 Å². The van der Waals surface area contributed by atoms with Crippen LogP contribution in [0.1, 0.15) is 24.8 Å². The van der Waals surface area contributed by atoms with E-state index in [1.165, 1.54) is 12.1 Å². The van der Waals surface area contributed by atoms with Gasteiger partial charge in [-0.3, -0.25) is 9.59 Å². The number of carbonyl (C=O) groups is 2. The lowest BCUT2D eigenvalue weighted by Crippen LogP contribution is -2.42. The maximum Gasteiger partial charge on any atom is 0.243 e. The van der Waals surface area contributed by atoms with Crippen LogP contribution in [-0.4, -0.2) is 24.4 Å².